The molecule has 0 aromatic heterocycles. The molecule has 3 heteroatoms. The number of hydrogen-bond acceptors (Lipinski definition) is 2. The molecule has 0 aromatic rings. The minimum absolute atomic E-state index is 0.0392. The lowest BCUT2D eigenvalue weighted by molar-refractivity contribution is -0.588. The summed E-state index contributed by atoms with van der Waals surface area (Å²) in [6.45, 7) is 0. The van der Waals surface area contributed by atoms with Gasteiger partial charge in [-0.1, -0.05) is 0 Å². The van der Waals surface area contributed by atoms with Crippen molar-refractivity contribution in [2.24, 2.45) is 17.8 Å². The monoisotopic (exact) mass is 185 g/mol. The standard InChI is InChI=1S/C10H15NO2/c12-11(13)10-4-7-1-8(5-10)3-9(2-7)6-10/h7-9H,1-6H2/i12+2,13+2. The second kappa shape index (κ2) is 2.25. The van der Waals surface area contributed by atoms with Gasteiger partial charge in [-0.2, -0.15) is 0 Å². The second-order valence-electron chi connectivity index (χ2n) is 5.40. The molecule has 72 valence electrons. The van der Waals surface area contributed by atoms with Crippen LogP contribution in [-0.4, -0.2) is 10.5 Å². The van der Waals surface area contributed by atoms with E-state index in [0.29, 0.717) is 17.8 Å². The summed E-state index contributed by atoms with van der Waals surface area (Å²) in [5.41, 5.74) is -0.477. The fourth-order valence-electron chi connectivity index (χ4n) is 4.29. The lowest BCUT2D eigenvalue weighted by Gasteiger charge is -2.51. The van der Waals surface area contributed by atoms with Gasteiger partial charge in [-0.15, -0.1) is 0 Å². The molecule has 4 bridgehead atoms. The van der Waals surface area contributed by atoms with Crippen molar-refractivity contribution in [1.29, 1.82) is 0 Å². The fourth-order valence-corrected chi connectivity index (χ4v) is 4.29. The van der Waals surface area contributed by atoms with Crippen LogP contribution in [-0.2, 0) is 0 Å². The van der Waals surface area contributed by atoms with Crippen molar-refractivity contribution in [3.05, 3.63) is 10.1 Å². The molecule has 0 N–H and O–H groups in total. The fraction of sp³-hybridized carbons (Fsp3) is 1.00. The molecule has 3 nitrogen and oxygen atoms in total. The van der Waals surface area contributed by atoms with Gasteiger partial charge in [0.25, 0.3) is 0 Å². The Labute approximate surface area is 77.7 Å². The first-order chi connectivity index (χ1) is 6.18. The lowest BCUT2D eigenvalue weighted by atomic mass is 9.53. The Morgan fingerprint density at radius 2 is 1.38 bits per heavy atom. The van der Waals surface area contributed by atoms with Crippen LogP contribution in [0.25, 0.3) is 0 Å². The van der Waals surface area contributed by atoms with Crippen LogP contribution in [0.15, 0.2) is 0 Å². The summed E-state index contributed by atoms with van der Waals surface area (Å²) in [4.78, 5) is 11.1. The van der Waals surface area contributed by atoms with E-state index in [1.807, 2.05) is 0 Å². The predicted molar refractivity (Wildman–Crippen MR) is 47.9 cm³/mol. The third kappa shape index (κ3) is 0.960. The topological polar surface area (TPSA) is 43.1 Å². The van der Waals surface area contributed by atoms with Crippen LogP contribution in [0.5, 0.6) is 0 Å². The average molecular weight is 185 g/mol. The molecule has 0 amide bonds. The Balaban J connectivity index is 1.95. The highest BCUT2D eigenvalue weighted by atomic mass is 18.4. The Bertz CT molecular complexity index is 226. The van der Waals surface area contributed by atoms with Crippen molar-refractivity contribution in [2.45, 2.75) is 44.1 Å². The minimum atomic E-state index is -0.477. The largest absolute Gasteiger partial charge is 0.264 e. The molecule has 0 saturated heterocycles. The van der Waals surface area contributed by atoms with Crippen LogP contribution < -0.4 is 0 Å². The van der Waals surface area contributed by atoms with Gasteiger partial charge >= 0.3 is 0 Å². The minimum Gasteiger partial charge on any atom is -0.264 e. The Morgan fingerprint density at radius 1 is 1.00 bits per heavy atom. The first-order valence-electron chi connectivity index (χ1n) is 5.32. The molecular weight excluding hydrogens is 170 g/mol. The highest BCUT2D eigenvalue weighted by Gasteiger charge is 2.58. The molecule has 0 atom stereocenters. The lowest BCUT2D eigenvalue weighted by Crippen LogP contribution is -2.54. The molecular formula is C10H15NO2. The molecule has 0 radical (unpaired) electrons. The van der Waals surface area contributed by atoms with E-state index in [4.69, 9.17) is 0 Å². The van der Waals surface area contributed by atoms with Crippen LogP contribution in [0.4, 0.5) is 0 Å². The Morgan fingerprint density at radius 3 is 1.69 bits per heavy atom. The second-order valence-corrected chi connectivity index (χ2v) is 5.40. The van der Waals surface area contributed by atoms with E-state index >= 15 is 0 Å². The van der Waals surface area contributed by atoms with Crippen LogP contribution in [0.3, 0.4) is 0 Å². The van der Waals surface area contributed by atoms with Gasteiger partial charge in [-0.3, -0.25) is 10.1 Å². The molecule has 4 fully saturated rings. The van der Waals surface area contributed by atoms with E-state index in [2.05, 4.69) is 0 Å². The zero-order valence-electron chi connectivity index (χ0n) is 7.74. The first-order valence-corrected chi connectivity index (χ1v) is 5.32. The van der Waals surface area contributed by atoms with Gasteiger partial charge in [0.15, 0.2) is 0 Å². The summed E-state index contributed by atoms with van der Waals surface area (Å²) in [5, 5.41) is 11.1. The van der Waals surface area contributed by atoms with E-state index in [1.165, 1.54) is 19.3 Å². The van der Waals surface area contributed by atoms with Crippen molar-refractivity contribution < 1.29 is 4.92 Å². The van der Waals surface area contributed by atoms with E-state index in [9.17, 15) is 10.1 Å². The number of hydrogen-bond donors (Lipinski definition) is 0. The van der Waals surface area contributed by atoms with Crippen molar-refractivity contribution >= 4 is 0 Å². The number of nitro groups is 1. The Kier molecular flexibility index (Phi) is 1.35. The van der Waals surface area contributed by atoms with E-state index in [-0.39, 0.29) is 4.92 Å². The van der Waals surface area contributed by atoms with Gasteiger partial charge in [0.2, 0.25) is 5.54 Å². The van der Waals surface area contributed by atoms with Gasteiger partial charge in [-0.25, -0.2) is 0 Å². The van der Waals surface area contributed by atoms with Crippen molar-refractivity contribution in [1.82, 2.24) is 0 Å². The maximum Gasteiger partial charge on any atom is 0.223 e. The summed E-state index contributed by atoms with van der Waals surface area (Å²) in [5.74, 6) is 2.07. The summed E-state index contributed by atoms with van der Waals surface area (Å²) >= 11 is 0. The maximum absolute atomic E-state index is 11.1. The zero-order valence-corrected chi connectivity index (χ0v) is 7.74. The molecule has 0 unspecified atom stereocenters. The third-order valence-corrected chi connectivity index (χ3v) is 4.39. The van der Waals surface area contributed by atoms with Crippen LogP contribution >= 0.6 is 0 Å². The van der Waals surface area contributed by atoms with Crippen LogP contribution in [0.2, 0.25) is 0 Å². The first kappa shape index (κ1) is 7.77. The van der Waals surface area contributed by atoms with Gasteiger partial charge in [0.1, 0.15) is 0 Å². The molecule has 0 aromatic carbocycles. The molecule has 4 saturated carbocycles. The smallest absolute Gasteiger partial charge is 0.223 e. The van der Waals surface area contributed by atoms with Gasteiger partial charge in [0.05, 0.1) is 0 Å². The van der Waals surface area contributed by atoms with Gasteiger partial charge < -0.3 is 0 Å². The normalized spacial score (nSPS) is 52.5. The van der Waals surface area contributed by atoms with E-state index in [1.54, 1.807) is 0 Å². The third-order valence-electron chi connectivity index (χ3n) is 4.39. The molecule has 13 heavy (non-hydrogen) atoms. The highest BCUT2D eigenvalue weighted by Crippen LogP contribution is 2.56. The summed E-state index contributed by atoms with van der Waals surface area (Å²) in [6, 6.07) is 0. The predicted octanol–water partition coefficient (Wildman–Crippen LogP) is 2.23. The molecule has 0 aliphatic heterocycles. The number of rotatable bonds is 1. The molecule has 4 aliphatic rings. The SMILES string of the molecule is [18O]=[N+]([18O-])C12CC3CC(CC(C3)C1)C2. The van der Waals surface area contributed by atoms with Crippen LogP contribution in [0, 0.1) is 27.9 Å². The Hall–Kier alpha value is -0.600. The average Bonchev–Trinajstić information content (AvgIpc) is 2.00. The quantitative estimate of drug-likeness (QED) is 0.357. The zero-order chi connectivity index (χ0) is 9.05. The van der Waals surface area contributed by atoms with Crippen molar-refractivity contribution in [3.63, 3.8) is 0 Å². The van der Waals surface area contributed by atoms with Crippen molar-refractivity contribution in [3.8, 4) is 0 Å². The van der Waals surface area contributed by atoms with E-state index < -0.39 is 5.54 Å². The van der Waals surface area contributed by atoms with Gasteiger partial charge in [-0.05, 0) is 37.0 Å². The van der Waals surface area contributed by atoms with Crippen LogP contribution in [0.1, 0.15) is 38.5 Å². The molecule has 0 spiro atoms. The van der Waals surface area contributed by atoms with Gasteiger partial charge in [0, 0.05) is 24.2 Å². The van der Waals surface area contributed by atoms with E-state index in [0.717, 1.165) is 19.3 Å². The maximum atomic E-state index is 11.1. The summed E-state index contributed by atoms with van der Waals surface area (Å²) < 4.78 is 0. The number of nitrogens with zero attached hydrogens (tertiary/aromatic N) is 1. The molecule has 0 heterocycles. The molecule has 4 rings (SSSR count). The van der Waals surface area contributed by atoms with Crippen molar-refractivity contribution in [2.75, 3.05) is 0 Å². The highest BCUT2D eigenvalue weighted by molar-refractivity contribution is 5.02. The summed E-state index contributed by atoms with van der Waals surface area (Å²) in [7, 11) is 0. The summed E-state index contributed by atoms with van der Waals surface area (Å²) in [6.07, 6.45) is 6.50. The molecule has 4 aliphatic carbocycles.